The molecule has 0 spiro atoms. The Balaban J connectivity index is 2.90. The smallest absolute Gasteiger partial charge is 0.240 e. The minimum absolute atomic E-state index is 0.167. The molecule has 21 heavy (non-hydrogen) atoms. The number of ether oxygens (including phenoxy) is 2. The molecule has 0 aliphatic rings. The Bertz CT molecular complexity index is 546. The van der Waals surface area contributed by atoms with Crippen molar-refractivity contribution >= 4 is 10.0 Å². The molecule has 0 fully saturated rings. The molecule has 0 saturated carbocycles. The van der Waals surface area contributed by atoms with Crippen LogP contribution in [0.1, 0.15) is 19.4 Å². The lowest BCUT2D eigenvalue weighted by atomic mass is 10.2. The first-order chi connectivity index (χ1) is 9.94. The third kappa shape index (κ3) is 5.28. The molecule has 2 N–H and O–H groups in total. The molecule has 0 heterocycles. The number of benzene rings is 1. The summed E-state index contributed by atoms with van der Waals surface area (Å²) < 4.78 is 37.6. The molecule has 0 amide bonds. The number of hydrogen-bond acceptors (Lipinski definition) is 5. The molecule has 1 rings (SSSR count). The van der Waals surface area contributed by atoms with E-state index in [1.165, 1.54) is 6.07 Å². The molecule has 6 nitrogen and oxygen atoms in total. The first-order valence-corrected chi connectivity index (χ1v) is 8.35. The van der Waals surface area contributed by atoms with Gasteiger partial charge in [0.05, 0.1) is 18.1 Å². The maximum Gasteiger partial charge on any atom is 0.240 e. The number of rotatable bonds is 9. The van der Waals surface area contributed by atoms with E-state index in [2.05, 4.69) is 10.0 Å². The summed E-state index contributed by atoms with van der Waals surface area (Å²) in [6, 6.07) is 4.81. The third-order valence-corrected chi connectivity index (χ3v) is 4.36. The normalized spacial score (nSPS) is 13.1. The molecule has 1 aromatic rings. The second kappa shape index (κ2) is 8.33. The molecule has 1 aromatic carbocycles. The zero-order valence-corrected chi connectivity index (χ0v) is 13.8. The first kappa shape index (κ1) is 17.9. The van der Waals surface area contributed by atoms with E-state index in [4.69, 9.17) is 9.47 Å². The SMILES string of the molecule is CCOC(C)CNS(=O)(=O)c1ccc(OC)c(CNC)c1. The van der Waals surface area contributed by atoms with Gasteiger partial charge in [-0.3, -0.25) is 0 Å². The summed E-state index contributed by atoms with van der Waals surface area (Å²) in [7, 11) is -0.198. The van der Waals surface area contributed by atoms with E-state index < -0.39 is 10.0 Å². The van der Waals surface area contributed by atoms with Gasteiger partial charge in [-0.15, -0.1) is 0 Å². The fourth-order valence-corrected chi connectivity index (χ4v) is 3.07. The predicted octanol–water partition coefficient (Wildman–Crippen LogP) is 1.12. The van der Waals surface area contributed by atoms with Gasteiger partial charge in [-0.25, -0.2) is 13.1 Å². The van der Waals surface area contributed by atoms with Crippen molar-refractivity contribution in [3.05, 3.63) is 23.8 Å². The van der Waals surface area contributed by atoms with Gasteiger partial charge in [0.1, 0.15) is 5.75 Å². The highest BCUT2D eigenvalue weighted by Crippen LogP contribution is 2.22. The van der Waals surface area contributed by atoms with Crippen molar-refractivity contribution < 1.29 is 17.9 Å². The predicted molar refractivity (Wildman–Crippen MR) is 82.0 cm³/mol. The van der Waals surface area contributed by atoms with Crippen molar-refractivity contribution in [2.75, 3.05) is 27.3 Å². The van der Waals surface area contributed by atoms with Crippen LogP contribution < -0.4 is 14.8 Å². The minimum atomic E-state index is -3.55. The molecular weight excluding hydrogens is 292 g/mol. The molecule has 0 radical (unpaired) electrons. The van der Waals surface area contributed by atoms with Gasteiger partial charge < -0.3 is 14.8 Å². The van der Waals surface area contributed by atoms with Crippen LogP contribution in [0.5, 0.6) is 5.75 Å². The summed E-state index contributed by atoms with van der Waals surface area (Å²) in [6.45, 7) is 5.02. The Kier molecular flexibility index (Phi) is 7.10. The fraction of sp³-hybridized carbons (Fsp3) is 0.571. The third-order valence-electron chi connectivity index (χ3n) is 2.94. The Hall–Kier alpha value is -1.15. The largest absolute Gasteiger partial charge is 0.496 e. The van der Waals surface area contributed by atoms with Crippen LogP contribution in [0.25, 0.3) is 0 Å². The minimum Gasteiger partial charge on any atom is -0.496 e. The van der Waals surface area contributed by atoms with Crippen molar-refractivity contribution in [1.82, 2.24) is 10.0 Å². The summed E-state index contributed by atoms with van der Waals surface area (Å²) in [6.07, 6.45) is -0.167. The van der Waals surface area contributed by atoms with Gasteiger partial charge in [0, 0.05) is 25.3 Å². The maximum atomic E-state index is 12.3. The molecule has 0 aliphatic heterocycles. The van der Waals surface area contributed by atoms with Crippen LogP contribution >= 0.6 is 0 Å². The van der Waals surface area contributed by atoms with Crippen LogP contribution in [0.4, 0.5) is 0 Å². The summed E-state index contributed by atoms with van der Waals surface area (Å²) in [5, 5.41) is 2.99. The summed E-state index contributed by atoms with van der Waals surface area (Å²) >= 11 is 0. The van der Waals surface area contributed by atoms with Gasteiger partial charge in [-0.2, -0.15) is 0 Å². The zero-order chi connectivity index (χ0) is 15.9. The molecule has 1 atom stereocenters. The van der Waals surface area contributed by atoms with Crippen LogP contribution in [0.2, 0.25) is 0 Å². The number of methoxy groups -OCH3 is 1. The standard InChI is InChI=1S/C14H24N2O4S/c1-5-20-11(2)9-16-21(17,18)13-6-7-14(19-4)12(8-13)10-15-3/h6-8,11,15-16H,5,9-10H2,1-4H3. The van der Waals surface area contributed by atoms with E-state index in [0.29, 0.717) is 18.9 Å². The molecule has 0 aromatic heterocycles. The van der Waals surface area contributed by atoms with E-state index in [1.54, 1.807) is 26.3 Å². The second-order valence-corrected chi connectivity index (χ2v) is 6.39. The average Bonchev–Trinajstić information content (AvgIpc) is 2.46. The van der Waals surface area contributed by atoms with E-state index in [-0.39, 0.29) is 17.5 Å². The fourth-order valence-electron chi connectivity index (χ4n) is 1.90. The first-order valence-electron chi connectivity index (χ1n) is 6.87. The van der Waals surface area contributed by atoms with Crippen LogP contribution in [0.15, 0.2) is 23.1 Å². The van der Waals surface area contributed by atoms with Gasteiger partial charge in [0.15, 0.2) is 0 Å². The van der Waals surface area contributed by atoms with Crippen LogP contribution in [0, 0.1) is 0 Å². The zero-order valence-electron chi connectivity index (χ0n) is 13.0. The van der Waals surface area contributed by atoms with Crippen molar-refractivity contribution in [2.45, 2.75) is 31.4 Å². The number of hydrogen-bond donors (Lipinski definition) is 2. The summed E-state index contributed by atoms with van der Waals surface area (Å²) in [5.41, 5.74) is 0.792. The van der Waals surface area contributed by atoms with E-state index in [9.17, 15) is 8.42 Å². The molecule has 0 aliphatic carbocycles. The van der Waals surface area contributed by atoms with Crippen molar-refractivity contribution in [3.63, 3.8) is 0 Å². The molecule has 7 heteroatoms. The van der Waals surface area contributed by atoms with E-state index in [0.717, 1.165) is 5.56 Å². The summed E-state index contributed by atoms with van der Waals surface area (Å²) in [5.74, 6) is 0.658. The topological polar surface area (TPSA) is 76.7 Å². The average molecular weight is 316 g/mol. The Morgan fingerprint density at radius 3 is 2.62 bits per heavy atom. The van der Waals surface area contributed by atoms with Gasteiger partial charge in [0.2, 0.25) is 10.0 Å². The number of sulfonamides is 1. The van der Waals surface area contributed by atoms with Gasteiger partial charge in [-0.05, 0) is 39.1 Å². The molecular formula is C14H24N2O4S. The Morgan fingerprint density at radius 1 is 1.33 bits per heavy atom. The molecule has 0 saturated heterocycles. The van der Waals surface area contributed by atoms with Crippen LogP contribution in [-0.2, 0) is 21.3 Å². The van der Waals surface area contributed by atoms with E-state index >= 15 is 0 Å². The molecule has 1 unspecified atom stereocenters. The highest BCUT2D eigenvalue weighted by atomic mass is 32.2. The Labute approximate surface area is 126 Å². The van der Waals surface area contributed by atoms with Crippen LogP contribution in [0.3, 0.4) is 0 Å². The van der Waals surface area contributed by atoms with Gasteiger partial charge >= 0.3 is 0 Å². The Morgan fingerprint density at radius 2 is 2.05 bits per heavy atom. The lowest BCUT2D eigenvalue weighted by molar-refractivity contribution is 0.0799. The van der Waals surface area contributed by atoms with Gasteiger partial charge in [-0.1, -0.05) is 0 Å². The summed E-state index contributed by atoms with van der Waals surface area (Å²) in [4.78, 5) is 0.220. The maximum absolute atomic E-state index is 12.3. The molecule has 120 valence electrons. The highest BCUT2D eigenvalue weighted by molar-refractivity contribution is 7.89. The van der Waals surface area contributed by atoms with Crippen molar-refractivity contribution in [1.29, 1.82) is 0 Å². The monoisotopic (exact) mass is 316 g/mol. The van der Waals surface area contributed by atoms with Crippen molar-refractivity contribution in [2.24, 2.45) is 0 Å². The number of nitrogens with one attached hydrogen (secondary N) is 2. The lowest BCUT2D eigenvalue weighted by Gasteiger charge is -2.14. The van der Waals surface area contributed by atoms with Crippen molar-refractivity contribution in [3.8, 4) is 5.75 Å². The quantitative estimate of drug-likeness (QED) is 0.714. The van der Waals surface area contributed by atoms with E-state index in [1.807, 2.05) is 13.8 Å². The van der Waals surface area contributed by atoms with Gasteiger partial charge in [0.25, 0.3) is 0 Å². The lowest BCUT2D eigenvalue weighted by Crippen LogP contribution is -2.32. The van der Waals surface area contributed by atoms with Crippen LogP contribution in [-0.4, -0.2) is 41.8 Å². The second-order valence-electron chi connectivity index (χ2n) is 4.62. The highest BCUT2D eigenvalue weighted by Gasteiger charge is 2.17. The molecule has 0 bridgehead atoms.